The first-order valence-electron chi connectivity index (χ1n) is 11.1. The van der Waals surface area contributed by atoms with E-state index in [4.69, 9.17) is 0 Å². The summed E-state index contributed by atoms with van der Waals surface area (Å²) in [6.07, 6.45) is 3.73. The van der Waals surface area contributed by atoms with Gasteiger partial charge in [-0.05, 0) is 62.9 Å². The third-order valence-electron chi connectivity index (χ3n) is 6.11. The Balaban J connectivity index is 1.60. The zero-order chi connectivity index (χ0) is 22.0. The Morgan fingerprint density at radius 2 is 1.84 bits per heavy atom. The first-order chi connectivity index (χ1) is 15.0. The van der Waals surface area contributed by atoms with Gasteiger partial charge in [0.1, 0.15) is 5.69 Å². The van der Waals surface area contributed by atoms with Gasteiger partial charge in [0.15, 0.2) is 0 Å². The van der Waals surface area contributed by atoms with E-state index in [0.29, 0.717) is 29.9 Å². The summed E-state index contributed by atoms with van der Waals surface area (Å²) in [5.41, 5.74) is 4.76. The minimum absolute atomic E-state index is 0.0518. The van der Waals surface area contributed by atoms with Crippen LogP contribution in [0.4, 0.5) is 5.69 Å². The number of amides is 1. The Morgan fingerprint density at radius 1 is 1.10 bits per heavy atom. The van der Waals surface area contributed by atoms with Crippen molar-refractivity contribution in [1.82, 2.24) is 14.5 Å². The van der Waals surface area contributed by atoms with Gasteiger partial charge in [-0.25, -0.2) is 4.98 Å². The van der Waals surface area contributed by atoms with E-state index < -0.39 is 0 Å². The number of rotatable bonds is 5. The highest BCUT2D eigenvalue weighted by atomic mass is 16.2. The summed E-state index contributed by atoms with van der Waals surface area (Å²) in [6, 6.07) is 13.8. The summed E-state index contributed by atoms with van der Waals surface area (Å²) < 4.78 is 1.70. The second-order valence-corrected chi connectivity index (χ2v) is 8.29. The minimum atomic E-state index is -0.0829. The Morgan fingerprint density at radius 3 is 2.58 bits per heavy atom. The average molecular weight is 419 g/mol. The van der Waals surface area contributed by atoms with Crippen LogP contribution in [-0.4, -0.2) is 40.5 Å². The number of carbonyl (C=O) groups excluding carboxylic acids is 1. The zero-order valence-corrected chi connectivity index (χ0v) is 18.6. The summed E-state index contributed by atoms with van der Waals surface area (Å²) in [5.74, 6) is -0.0518. The van der Waals surface area contributed by atoms with E-state index >= 15 is 0 Å². The molecule has 0 radical (unpaired) electrons. The van der Waals surface area contributed by atoms with Crippen LogP contribution >= 0.6 is 0 Å². The standard InChI is InChI=1S/C25H30N4O2/c1-4-29-23-13-12-19(16-21(23)26-18(2)24(29)30)25(31)27(3)17-20-10-6-7-11-22(20)28-14-8-5-9-15-28/h6-7,10-13,16H,4-5,8-9,14-15,17H2,1-3H3. The van der Waals surface area contributed by atoms with Gasteiger partial charge >= 0.3 is 0 Å². The van der Waals surface area contributed by atoms with E-state index in [-0.39, 0.29) is 11.5 Å². The van der Waals surface area contributed by atoms with Gasteiger partial charge in [0.2, 0.25) is 0 Å². The van der Waals surface area contributed by atoms with Crippen molar-refractivity contribution in [3.05, 3.63) is 69.6 Å². The number of hydrogen-bond donors (Lipinski definition) is 0. The highest BCUT2D eigenvalue weighted by molar-refractivity contribution is 5.97. The number of piperidine rings is 1. The molecular formula is C25H30N4O2. The summed E-state index contributed by atoms with van der Waals surface area (Å²) in [4.78, 5) is 34.2. The third kappa shape index (κ3) is 4.20. The Bertz CT molecular complexity index is 1160. The predicted molar refractivity (Wildman–Crippen MR) is 125 cm³/mol. The number of hydrogen-bond acceptors (Lipinski definition) is 4. The van der Waals surface area contributed by atoms with E-state index in [2.05, 4.69) is 28.1 Å². The fourth-order valence-electron chi connectivity index (χ4n) is 4.46. The van der Waals surface area contributed by atoms with Gasteiger partial charge in [-0.3, -0.25) is 9.59 Å². The summed E-state index contributed by atoms with van der Waals surface area (Å²) >= 11 is 0. The molecule has 0 saturated carbocycles. The number of fused-ring (bicyclic) bond motifs is 1. The van der Waals surface area contributed by atoms with Crippen LogP contribution in [0.1, 0.15) is 47.8 Å². The molecule has 1 amide bonds. The summed E-state index contributed by atoms with van der Waals surface area (Å²) in [6.45, 7) is 6.91. The van der Waals surface area contributed by atoms with Crippen LogP contribution in [0.2, 0.25) is 0 Å². The van der Waals surface area contributed by atoms with Crippen LogP contribution in [0.3, 0.4) is 0 Å². The van der Waals surface area contributed by atoms with E-state index in [0.717, 1.165) is 24.2 Å². The van der Waals surface area contributed by atoms with Crippen molar-refractivity contribution < 1.29 is 4.79 Å². The number of anilines is 1. The Kier molecular flexibility index (Phi) is 6.07. The molecule has 0 bridgehead atoms. The molecule has 0 N–H and O–H groups in total. The number of para-hydroxylation sites is 1. The van der Waals surface area contributed by atoms with Crippen molar-refractivity contribution in [1.29, 1.82) is 0 Å². The van der Waals surface area contributed by atoms with Gasteiger partial charge in [0.05, 0.1) is 11.0 Å². The lowest BCUT2D eigenvalue weighted by atomic mass is 10.1. The highest BCUT2D eigenvalue weighted by Gasteiger charge is 2.18. The monoisotopic (exact) mass is 418 g/mol. The maximum Gasteiger partial charge on any atom is 0.272 e. The van der Waals surface area contributed by atoms with Crippen LogP contribution in [0.5, 0.6) is 0 Å². The molecule has 0 spiro atoms. The molecule has 0 atom stereocenters. The molecular weight excluding hydrogens is 388 g/mol. The van der Waals surface area contributed by atoms with E-state index in [1.165, 1.54) is 24.9 Å². The van der Waals surface area contributed by atoms with Crippen LogP contribution < -0.4 is 10.5 Å². The first kappa shape index (κ1) is 21.1. The molecule has 162 valence electrons. The molecule has 1 aromatic heterocycles. The van der Waals surface area contributed by atoms with Crippen molar-refractivity contribution >= 4 is 22.6 Å². The Labute approximate surface area is 183 Å². The van der Waals surface area contributed by atoms with Crippen molar-refractivity contribution in [2.75, 3.05) is 25.0 Å². The second kappa shape index (κ2) is 8.92. The largest absolute Gasteiger partial charge is 0.371 e. The number of aryl methyl sites for hydroxylation is 2. The zero-order valence-electron chi connectivity index (χ0n) is 18.6. The molecule has 4 rings (SSSR count). The van der Waals surface area contributed by atoms with Gasteiger partial charge in [-0.1, -0.05) is 18.2 Å². The maximum atomic E-state index is 13.2. The molecule has 6 nitrogen and oxygen atoms in total. The molecule has 1 aliphatic rings. The molecule has 2 heterocycles. The van der Waals surface area contributed by atoms with Gasteiger partial charge in [0, 0.05) is 44.5 Å². The van der Waals surface area contributed by atoms with Crippen LogP contribution in [0.15, 0.2) is 47.3 Å². The van der Waals surface area contributed by atoms with Crippen LogP contribution in [0.25, 0.3) is 11.0 Å². The topological polar surface area (TPSA) is 58.4 Å². The lowest BCUT2D eigenvalue weighted by molar-refractivity contribution is 0.0785. The fraction of sp³-hybridized carbons (Fsp3) is 0.400. The SMILES string of the molecule is CCn1c(=O)c(C)nc2cc(C(=O)N(C)Cc3ccccc3N3CCCCC3)ccc21. The molecule has 6 heteroatoms. The molecule has 3 aromatic rings. The average Bonchev–Trinajstić information content (AvgIpc) is 2.80. The van der Waals surface area contributed by atoms with Gasteiger partial charge < -0.3 is 14.4 Å². The van der Waals surface area contributed by atoms with E-state index in [9.17, 15) is 9.59 Å². The lowest BCUT2D eigenvalue weighted by Gasteiger charge is -2.31. The summed E-state index contributed by atoms with van der Waals surface area (Å²) in [7, 11) is 1.84. The van der Waals surface area contributed by atoms with Crippen LogP contribution in [0, 0.1) is 6.92 Å². The van der Waals surface area contributed by atoms with Crippen molar-refractivity contribution in [2.24, 2.45) is 0 Å². The maximum absolute atomic E-state index is 13.2. The minimum Gasteiger partial charge on any atom is -0.371 e. The number of carbonyl (C=O) groups is 1. The van der Waals surface area contributed by atoms with Crippen molar-refractivity contribution in [3.8, 4) is 0 Å². The molecule has 1 fully saturated rings. The first-order valence-corrected chi connectivity index (χ1v) is 11.1. The fourth-order valence-corrected chi connectivity index (χ4v) is 4.46. The molecule has 2 aromatic carbocycles. The molecule has 0 aliphatic carbocycles. The molecule has 31 heavy (non-hydrogen) atoms. The smallest absolute Gasteiger partial charge is 0.272 e. The quantitative estimate of drug-likeness (QED) is 0.629. The van der Waals surface area contributed by atoms with E-state index in [1.54, 1.807) is 28.5 Å². The van der Waals surface area contributed by atoms with Gasteiger partial charge in [-0.2, -0.15) is 0 Å². The normalized spacial score (nSPS) is 14.1. The molecule has 1 aliphatic heterocycles. The molecule has 1 saturated heterocycles. The Hall–Kier alpha value is -3.15. The van der Waals surface area contributed by atoms with Gasteiger partial charge in [0.25, 0.3) is 11.5 Å². The molecule has 0 unspecified atom stereocenters. The summed E-state index contributed by atoms with van der Waals surface area (Å²) in [5, 5.41) is 0. The van der Waals surface area contributed by atoms with E-state index in [1.807, 2.05) is 26.1 Å². The third-order valence-corrected chi connectivity index (χ3v) is 6.11. The predicted octanol–water partition coefficient (Wildman–Crippen LogP) is 3.99. The van der Waals surface area contributed by atoms with Crippen LogP contribution in [-0.2, 0) is 13.1 Å². The lowest BCUT2D eigenvalue weighted by Crippen LogP contribution is -2.32. The number of aromatic nitrogens is 2. The highest BCUT2D eigenvalue weighted by Crippen LogP contribution is 2.25. The van der Waals surface area contributed by atoms with Crippen molar-refractivity contribution in [3.63, 3.8) is 0 Å². The van der Waals surface area contributed by atoms with Crippen molar-refractivity contribution in [2.45, 2.75) is 46.2 Å². The van der Waals surface area contributed by atoms with Gasteiger partial charge in [-0.15, -0.1) is 0 Å². The number of nitrogens with zero attached hydrogens (tertiary/aromatic N) is 4. The second-order valence-electron chi connectivity index (χ2n) is 8.29. The number of benzene rings is 2.